The van der Waals surface area contributed by atoms with E-state index in [2.05, 4.69) is 32.1 Å². The lowest BCUT2D eigenvalue weighted by atomic mass is 10.3. The molecule has 4 aromatic rings. The molecule has 3 aromatic heterocycles. The highest BCUT2D eigenvalue weighted by Crippen LogP contribution is 2.31. The van der Waals surface area contributed by atoms with E-state index in [-0.39, 0.29) is 0 Å². The van der Waals surface area contributed by atoms with Gasteiger partial charge in [-0.15, -0.1) is 10.2 Å². The minimum atomic E-state index is 0.700. The van der Waals surface area contributed by atoms with Gasteiger partial charge in [0.05, 0.1) is 0 Å². The highest BCUT2D eigenvalue weighted by Gasteiger charge is 2.18. The zero-order valence-electron chi connectivity index (χ0n) is 15.1. The molecule has 0 bridgehead atoms. The Morgan fingerprint density at radius 2 is 1.78 bits per heavy atom. The second-order valence-electron chi connectivity index (χ2n) is 5.89. The van der Waals surface area contributed by atoms with Crippen LogP contribution in [-0.2, 0) is 6.42 Å². The number of pyridine rings is 1. The van der Waals surface area contributed by atoms with Gasteiger partial charge in [-0.25, -0.2) is 9.97 Å². The average Bonchev–Trinajstić information content (AvgIpc) is 3.12. The summed E-state index contributed by atoms with van der Waals surface area (Å²) in [7, 11) is 0. The van der Waals surface area contributed by atoms with Crippen LogP contribution < -0.4 is 0 Å². The summed E-state index contributed by atoms with van der Waals surface area (Å²) in [4.78, 5) is 13.4. The van der Waals surface area contributed by atoms with Gasteiger partial charge < -0.3 is 0 Å². The number of aromatic nitrogens is 6. The number of rotatable bonds is 5. The maximum Gasteiger partial charge on any atom is 0.202 e. The number of nitrogens with zero attached hydrogens (tertiary/aromatic N) is 6. The van der Waals surface area contributed by atoms with Crippen LogP contribution in [0.25, 0.3) is 17.2 Å². The Morgan fingerprint density at radius 1 is 0.963 bits per heavy atom. The zero-order valence-corrected chi connectivity index (χ0v) is 15.9. The van der Waals surface area contributed by atoms with Gasteiger partial charge in [-0.1, -0.05) is 31.2 Å². The standard InChI is InChI=1S/C20H18N6S/c1-3-15-13-18(23-14(2)22-15)27-20-25-24-19(17-11-7-8-12-21-17)26(20)16-9-5-4-6-10-16/h4-13H,3H2,1-2H3. The smallest absolute Gasteiger partial charge is 0.202 e. The summed E-state index contributed by atoms with van der Waals surface area (Å²) in [6.07, 6.45) is 2.62. The van der Waals surface area contributed by atoms with Crippen molar-refractivity contribution in [1.82, 2.24) is 29.7 Å². The third-order valence-corrected chi connectivity index (χ3v) is 4.83. The highest BCUT2D eigenvalue weighted by molar-refractivity contribution is 7.99. The summed E-state index contributed by atoms with van der Waals surface area (Å²) in [5, 5.41) is 10.4. The highest BCUT2D eigenvalue weighted by atomic mass is 32.2. The molecular formula is C20H18N6S. The van der Waals surface area contributed by atoms with Gasteiger partial charge in [0, 0.05) is 17.6 Å². The van der Waals surface area contributed by atoms with Crippen LogP contribution in [0, 0.1) is 6.92 Å². The molecule has 0 spiro atoms. The summed E-state index contributed by atoms with van der Waals surface area (Å²) < 4.78 is 2.01. The Morgan fingerprint density at radius 3 is 2.52 bits per heavy atom. The molecule has 0 aliphatic carbocycles. The van der Waals surface area contributed by atoms with E-state index in [1.165, 1.54) is 11.8 Å². The zero-order chi connectivity index (χ0) is 18.6. The van der Waals surface area contributed by atoms with Gasteiger partial charge in [0.15, 0.2) is 5.82 Å². The van der Waals surface area contributed by atoms with Crippen molar-refractivity contribution in [2.45, 2.75) is 30.5 Å². The number of hydrogen-bond donors (Lipinski definition) is 0. The van der Waals surface area contributed by atoms with Gasteiger partial charge in [0.2, 0.25) is 5.16 Å². The topological polar surface area (TPSA) is 69.4 Å². The largest absolute Gasteiger partial charge is 0.268 e. The van der Waals surface area contributed by atoms with Crippen LogP contribution >= 0.6 is 11.8 Å². The molecule has 0 saturated carbocycles. The summed E-state index contributed by atoms with van der Waals surface area (Å²) in [6.45, 7) is 3.99. The molecule has 0 fully saturated rings. The van der Waals surface area contributed by atoms with Crippen LogP contribution in [0.4, 0.5) is 0 Å². The van der Waals surface area contributed by atoms with Gasteiger partial charge in [-0.3, -0.25) is 9.55 Å². The number of aryl methyl sites for hydroxylation is 2. The molecule has 0 aliphatic rings. The molecule has 7 heteroatoms. The second-order valence-corrected chi connectivity index (χ2v) is 6.88. The van der Waals surface area contributed by atoms with Crippen LogP contribution in [0.2, 0.25) is 0 Å². The van der Waals surface area contributed by atoms with E-state index in [9.17, 15) is 0 Å². The fourth-order valence-electron chi connectivity index (χ4n) is 2.73. The van der Waals surface area contributed by atoms with Crippen molar-refractivity contribution in [3.8, 4) is 17.2 Å². The van der Waals surface area contributed by atoms with Crippen LogP contribution in [0.5, 0.6) is 0 Å². The molecule has 0 saturated heterocycles. The van der Waals surface area contributed by atoms with E-state index in [4.69, 9.17) is 0 Å². The van der Waals surface area contributed by atoms with Crippen molar-refractivity contribution < 1.29 is 0 Å². The molecule has 0 aliphatic heterocycles. The molecule has 1 aromatic carbocycles. The second kappa shape index (κ2) is 7.67. The van der Waals surface area contributed by atoms with E-state index in [0.717, 1.165) is 39.5 Å². The van der Waals surface area contributed by atoms with Crippen molar-refractivity contribution in [3.63, 3.8) is 0 Å². The Balaban J connectivity index is 1.82. The van der Waals surface area contributed by atoms with E-state index in [1.54, 1.807) is 6.20 Å². The molecule has 3 heterocycles. The van der Waals surface area contributed by atoms with Crippen molar-refractivity contribution in [2.24, 2.45) is 0 Å². The third-order valence-electron chi connectivity index (χ3n) is 3.97. The summed E-state index contributed by atoms with van der Waals surface area (Å²) in [6, 6.07) is 17.8. The normalized spacial score (nSPS) is 10.9. The lowest BCUT2D eigenvalue weighted by Gasteiger charge is -2.10. The Bertz CT molecular complexity index is 1050. The first kappa shape index (κ1) is 17.4. The lowest BCUT2D eigenvalue weighted by molar-refractivity contribution is 0.866. The van der Waals surface area contributed by atoms with Crippen LogP contribution in [-0.4, -0.2) is 29.7 Å². The Hall–Kier alpha value is -3.06. The first-order valence-corrected chi connectivity index (χ1v) is 9.51. The van der Waals surface area contributed by atoms with E-state index >= 15 is 0 Å². The minimum absolute atomic E-state index is 0.700. The minimum Gasteiger partial charge on any atom is -0.268 e. The van der Waals surface area contributed by atoms with E-state index < -0.39 is 0 Å². The van der Waals surface area contributed by atoms with Gasteiger partial charge in [0.25, 0.3) is 0 Å². The first-order chi connectivity index (χ1) is 13.2. The molecule has 6 nitrogen and oxygen atoms in total. The molecule has 0 radical (unpaired) electrons. The third kappa shape index (κ3) is 3.73. The predicted octanol–water partition coefficient (Wildman–Crippen LogP) is 4.14. The molecule has 0 amide bonds. The quantitative estimate of drug-likeness (QED) is 0.489. The van der Waals surface area contributed by atoms with Crippen molar-refractivity contribution in [1.29, 1.82) is 0 Å². The molecule has 4 rings (SSSR count). The molecule has 134 valence electrons. The molecule has 27 heavy (non-hydrogen) atoms. The molecule has 0 atom stereocenters. The molecular weight excluding hydrogens is 356 g/mol. The SMILES string of the molecule is CCc1cc(Sc2nnc(-c3ccccn3)n2-c2ccccc2)nc(C)n1. The van der Waals surface area contributed by atoms with Crippen LogP contribution in [0.1, 0.15) is 18.4 Å². The molecule has 0 unspecified atom stereocenters. The Kier molecular flexibility index (Phi) is 4.93. The summed E-state index contributed by atoms with van der Waals surface area (Å²) in [5.74, 6) is 1.46. The summed E-state index contributed by atoms with van der Waals surface area (Å²) in [5.41, 5.74) is 2.77. The van der Waals surface area contributed by atoms with Gasteiger partial charge >= 0.3 is 0 Å². The number of para-hydroxylation sites is 1. The average molecular weight is 374 g/mol. The maximum absolute atomic E-state index is 4.55. The van der Waals surface area contributed by atoms with Crippen molar-refractivity contribution in [3.05, 3.63) is 72.3 Å². The maximum atomic E-state index is 4.55. The number of benzene rings is 1. The predicted molar refractivity (Wildman–Crippen MR) is 105 cm³/mol. The van der Waals surface area contributed by atoms with E-state index in [0.29, 0.717) is 5.82 Å². The monoisotopic (exact) mass is 374 g/mol. The van der Waals surface area contributed by atoms with Crippen LogP contribution in [0.15, 0.2) is 71.0 Å². The lowest BCUT2D eigenvalue weighted by Crippen LogP contribution is -2.01. The van der Waals surface area contributed by atoms with Crippen molar-refractivity contribution in [2.75, 3.05) is 0 Å². The Labute approximate surface area is 161 Å². The molecule has 0 N–H and O–H groups in total. The van der Waals surface area contributed by atoms with Gasteiger partial charge in [-0.2, -0.15) is 0 Å². The fraction of sp³-hybridized carbons (Fsp3) is 0.150. The van der Waals surface area contributed by atoms with Gasteiger partial charge in [-0.05, 0) is 55.4 Å². The first-order valence-electron chi connectivity index (χ1n) is 8.69. The van der Waals surface area contributed by atoms with E-state index in [1.807, 2.05) is 66.1 Å². The fourth-order valence-corrected chi connectivity index (χ4v) is 3.66. The number of hydrogen-bond acceptors (Lipinski definition) is 6. The van der Waals surface area contributed by atoms with Crippen molar-refractivity contribution >= 4 is 11.8 Å². The summed E-state index contributed by atoms with van der Waals surface area (Å²) >= 11 is 1.48. The van der Waals surface area contributed by atoms with Gasteiger partial charge in [0.1, 0.15) is 16.5 Å². The van der Waals surface area contributed by atoms with Crippen LogP contribution in [0.3, 0.4) is 0 Å².